The molecular formula is C2H7FGe. The average molecular weight is 123 g/mol. The number of rotatable bonds is 1. The second-order valence-corrected chi connectivity index (χ2v) is 2.79. The molecule has 0 aliphatic heterocycles. The van der Waals surface area contributed by atoms with Crippen LogP contribution in [0.2, 0.25) is 5.25 Å². The third-order valence-corrected chi connectivity index (χ3v) is 0.982. The van der Waals surface area contributed by atoms with Crippen LogP contribution in [0, 0.1) is 0 Å². The molecule has 0 aromatic heterocycles. The van der Waals surface area contributed by atoms with Crippen molar-refractivity contribution in [3.8, 4) is 0 Å². The van der Waals surface area contributed by atoms with Crippen molar-refractivity contribution in [2.75, 3.05) is 6.67 Å². The monoisotopic (exact) mass is 124 g/mol. The first-order chi connectivity index (χ1) is 1.91. The first kappa shape index (κ1) is 4.47. The zero-order valence-electron chi connectivity index (χ0n) is 2.79. The Morgan fingerprint density at radius 2 is 2.00 bits per heavy atom. The van der Waals surface area contributed by atoms with E-state index >= 15 is 0 Å². The summed E-state index contributed by atoms with van der Waals surface area (Å²) < 4.78 is 10.8. The predicted molar refractivity (Wildman–Crippen MR) is 20.7 cm³/mol. The molecular weight excluding hydrogens is 116 g/mol. The van der Waals surface area contributed by atoms with Crippen molar-refractivity contribution in [3.63, 3.8) is 0 Å². The zero-order chi connectivity index (χ0) is 3.41. The van der Waals surface area contributed by atoms with Gasteiger partial charge in [-0.25, -0.2) is 0 Å². The van der Waals surface area contributed by atoms with Gasteiger partial charge in [-0.2, -0.15) is 0 Å². The van der Waals surface area contributed by atoms with Crippen LogP contribution in [0.1, 0.15) is 0 Å². The minimum absolute atomic E-state index is 0.0972. The summed E-state index contributed by atoms with van der Waals surface area (Å²) in [5.41, 5.74) is 0. The molecule has 0 heterocycles. The quantitative estimate of drug-likeness (QED) is 0.421. The molecule has 2 heteroatoms. The molecule has 0 bridgehead atoms. The van der Waals surface area contributed by atoms with Crippen LogP contribution in [0.4, 0.5) is 4.39 Å². The van der Waals surface area contributed by atoms with Crippen LogP contribution in [0.5, 0.6) is 0 Å². The minimum atomic E-state index is -0.0972. The molecule has 0 fully saturated rings. The number of hydrogen-bond acceptors (Lipinski definition) is 0. The Morgan fingerprint density at radius 3 is 2.00 bits per heavy atom. The Kier molecular flexibility index (Phi) is 3.88. The van der Waals surface area contributed by atoms with Crippen LogP contribution >= 0.6 is 0 Å². The standard InChI is InChI=1S/C2H7FGe/c3-1-2-4/h1-2H2,4H3. The first-order valence-corrected chi connectivity index (χ1v) is 4.44. The van der Waals surface area contributed by atoms with Crippen molar-refractivity contribution >= 4 is 16.5 Å². The zero-order valence-corrected chi connectivity index (χ0v) is 6.99. The molecule has 0 nitrogen and oxygen atoms in total. The molecule has 0 saturated heterocycles. The van der Waals surface area contributed by atoms with Gasteiger partial charge in [0.05, 0.1) is 0 Å². The molecule has 0 aliphatic rings. The van der Waals surface area contributed by atoms with Crippen LogP contribution in [0.3, 0.4) is 0 Å². The summed E-state index contributed by atoms with van der Waals surface area (Å²) in [5.74, 6) is 0. The molecule has 0 spiro atoms. The summed E-state index contributed by atoms with van der Waals surface area (Å²) in [4.78, 5) is 0. The Morgan fingerprint density at radius 1 is 1.75 bits per heavy atom. The van der Waals surface area contributed by atoms with Gasteiger partial charge >= 0.3 is 32.8 Å². The van der Waals surface area contributed by atoms with E-state index in [1.54, 1.807) is 0 Å². The van der Waals surface area contributed by atoms with Crippen LogP contribution in [0.25, 0.3) is 0 Å². The molecule has 0 N–H and O–H groups in total. The maximum absolute atomic E-state index is 10.8. The van der Waals surface area contributed by atoms with Gasteiger partial charge in [-0.15, -0.1) is 0 Å². The van der Waals surface area contributed by atoms with Crippen molar-refractivity contribution in [3.05, 3.63) is 0 Å². The normalized spacial score (nSPS) is 8.25. The summed E-state index contributed by atoms with van der Waals surface area (Å²) in [6, 6.07) is 0. The molecule has 0 rings (SSSR count). The Bertz CT molecular complexity index is 8.00. The SMILES string of the molecule is FC[CH2][GeH3]. The molecule has 0 aliphatic carbocycles. The Labute approximate surface area is 33.6 Å². The van der Waals surface area contributed by atoms with Gasteiger partial charge in [0.2, 0.25) is 0 Å². The second-order valence-electron chi connectivity index (χ2n) is 0.689. The fourth-order valence-corrected chi connectivity index (χ4v) is 0. The fourth-order valence-electron chi connectivity index (χ4n) is 0. The predicted octanol–water partition coefficient (Wildman–Crippen LogP) is -0.260. The molecule has 0 aromatic rings. The average Bonchev–Trinajstić information content (AvgIpc) is 1.37. The van der Waals surface area contributed by atoms with E-state index < -0.39 is 0 Å². The van der Waals surface area contributed by atoms with E-state index in [9.17, 15) is 4.39 Å². The van der Waals surface area contributed by atoms with E-state index in [1.807, 2.05) is 0 Å². The van der Waals surface area contributed by atoms with E-state index in [4.69, 9.17) is 0 Å². The van der Waals surface area contributed by atoms with Gasteiger partial charge < -0.3 is 0 Å². The van der Waals surface area contributed by atoms with E-state index in [2.05, 4.69) is 0 Å². The number of halogens is 1. The summed E-state index contributed by atoms with van der Waals surface area (Å²) in [5, 5.41) is 0.840. The van der Waals surface area contributed by atoms with Crippen LogP contribution in [-0.4, -0.2) is 23.2 Å². The van der Waals surface area contributed by atoms with Gasteiger partial charge in [0.15, 0.2) is 0 Å². The van der Waals surface area contributed by atoms with E-state index in [1.165, 1.54) is 0 Å². The third-order valence-electron chi connectivity index (χ3n) is 0.189. The van der Waals surface area contributed by atoms with Crippen molar-refractivity contribution in [2.24, 2.45) is 0 Å². The van der Waals surface area contributed by atoms with E-state index in [0.717, 1.165) is 21.8 Å². The summed E-state index contributed by atoms with van der Waals surface area (Å²) in [6.45, 7) is -0.0972. The van der Waals surface area contributed by atoms with Crippen molar-refractivity contribution in [1.29, 1.82) is 0 Å². The molecule has 0 amide bonds. The van der Waals surface area contributed by atoms with E-state index in [0.29, 0.717) is 0 Å². The van der Waals surface area contributed by atoms with Gasteiger partial charge in [-0.05, 0) is 0 Å². The van der Waals surface area contributed by atoms with Gasteiger partial charge in [0, 0.05) is 0 Å². The van der Waals surface area contributed by atoms with Crippen LogP contribution < -0.4 is 0 Å². The Balaban J connectivity index is 1.97. The van der Waals surface area contributed by atoms with Gasteiger partial charge in [-0.3, -0.25) is 0 Å². The molecule has 26 valence electrons. The summed E-state index contributed by atoms with van der Waals surface area (Å²) in [6.07, 6.45) is 0. The number of alkyl halides is 1. The van der Waals surface area contributed by atoms with Gasteiger partial charge in [-0.1, -0.05) is 0 Å². The molecule has 0 aromatic carbocycles. The molecule has 0 radical (unpaired) electrons. The van der Waals surface area contributed by atoms with Crippen molar-refractivity contribution < 1.29 is 4.39 Å². The third kappa shape index (κ3) is 2.47. The molecule has 0 atom stereocenters. The van der Waals surface area contributed by atoms with Crippen LogP contribution in [0.15, 0.2) is 0 Å². The topological polar surface area (TPSA) is 0 Å². The second kappa shape index (κ2) is 3.47. The van der Waals surface area contributed by atoms with Gasteiger partial charge in [0.25, 0.3) is 0 Å². The molecule has 0 saturated carbocycles. The Hall–Kier alpha value is 0.473. The number of hydrogen-bond donors (Lipinski definition) is 0. The van der Waals surface area contributed by atoms with Crippen molar-refractivity contribution in [1.82, 2.24) is 0 Å². The summed E-state index contributed by atoms with van der Waals surface area (Å²) >= 11 is 0.738. The fraction of sp³-hybridized carbons (Fsp3) is 1.00. The maximum atomic E-state index is 10.8. The van der Waals surface area contributed by atoms with Crippen molar-refractivity contribution in [2.45, 2.75) is 5.25 Å². The van der Waals surface area contributed by atoms with Gasteiger partial charge in [0.1, 0.15) is 0 Å². The molecule has 0 unspecified atom stereocenters. The van der Waals surface area contributed by atoms with Crippen LogP contribution in [-0.2, 0) is 0 Å². The van der Waals surface area contributed by atoms with E-state index in [-0.39, 0.29) is 6.67 Å². The molecule has 4 heavy (non-hydrogen) atoms. The first-order valence-electron chi connectivity index (χ1n) is 1.47. The summed E-state index contributed by atoms with van der Waals surface area (Å²) in [7, 11) is 0.